The molecule has 0 spiro atoms. The molecule has 0 aromatic carbocycles. The van der Waals surface area contributed by atoms with Gasteiger partial charge >= 0.3 is 0 Å². The second-order valence-corrected chi connectivity index (χ2v) is 4.17. The van der Waals surface area contributed by atoms with Crippen molar-refractivity contribution >= 4 is 5.82 Å². The first-order valence-corrected chi connectivity index (χ1v) is 6.47. The summed E-state index contributed by atoms with van der Waals surface area (Å²) >= 11 is 0. The highest BCUT2D eigenvalue weighted by Gasteiger charge is 2.08. The molecule has 1 atom stereocenters. The second kappa shape index (κ2) is 7.87. The second-order valence-electron chi connectivity index (χ2n) is 4.17. The Morgan fingerprint density at radius 1 is 1.33 bits per heavy atom. The van der Waals surface area contributed by atoms with Gasteiger partial charge in [-0.05, 0) is 13.3 Å². The molecule has 5 heteroatoms. The molecule has 0 aliphatic heterocycles. The van der Waals surface area contributed by atoms with Crippen LogP contribution in [0.4, 0.5) is 5.82 Å². The number of nitrogens with one attached hydrogen (secondary N) is 1. The minimum Gasteiger partial charge on any atom is -0.472 e. The maximum absolute atomic E-state index is 5.70. The number of ether oxygens (including phenoxy) is 2. The number of methoxy groups -OCH3 is 1. The summed E-state index contributed by atoms with van der Waals surface area (Å²) in [7, 11) is 1.66. The summed E-state index contributed by atoms with van der Waals surface area (Å²) in [5, 5.41) is 3.25. The van der Waals surface area contributed by atoms with Crippen molar-refractivity contribution in [3.8, 4) is 5.88 Å². The van der Waals surface area contributed by atoms with Crippen LogP contribution in [0, 0.1) is 0 Å². The lowest BCUT2D eigenvalue weighted by molar-refractivity contribution is 0.0887. The number of rotatable bonds is 8. The lowest BCUT2D eigenvalue weighted by Crippen LogP contribution is -2.19. The van der Waals surface area contributed by atoms with Crippen molar-refractivity contribution in [2.45, 2.75) is 39.7 Å². The molecule has 0 saturated heterocycles. The molecule has 0 radical (unpaired) electrons. The van der Waals surface area contributed by atoms with Crippen molar-refractivity contribution in [3.63, 3.8) is 0 Å². The van der Waals surface area contributed by atoms with Gasteiger partial charge < -0.3 is 14.8 Å². The average Bonchev–Trinajstić information content (AvgIpc) is 2.36. The van der Waals surface area contributed by atoms with Crippen LogP contribution in [0.25, 0.3) is 0 Å². The standard InChI is InChI=1S/C13H23N3O2/c1-5-7-14-12-8-13(16-11(6-2)15-12)18-10(3)9-17-4/h8,10H,5-7,9H2,1-4H3,(H,14,15,16). The van der Waals surface area contributed by atoms with Gasteiger partial charge in [-0.2, -0.15) is 4.98 Å². The SMILES string of the molecule is CCCNc1cc(OC(C)COC)nc(CC)n1. The van der Waals surface area contributed by atoms with Crippen LogP contribution in [0.2, 0.25) is 0 Å². The highest BCUT2D eigenvalue weighted by atomic mass is 16.5. The highest BCUT2D eigenvalue weighted by Crippen LogP contribution is 2.15. The summed E-state index contributed by atoms with van der Waals surface area (Å²) in [5.41, 5.74) is 0. The van der Waals surface area contributed by atoms with Crippen LogP contribution in [0.1, 0.15) is 33.0 Å². The minimum absolute atomic E-state index is 0.0198. The first-order valence-electron chi connectivity index (χ1n) is 6.47. The van der Waals surface area contributed by atoms with Crippen LogP contribution < -0.4 is 10.1 Å². The maximum atomic E-state index is 5.70. The molecule has 1 unspecified atom stereocenters. The molecule has 102 valence electrons. The fourth-order valence-electron chi connectivity index (χ4n) is 1.51. The Morgan fingerprint density at radius 2 is 2.11 bits per heavy atom. The monoisotopic (exact) mass is 253 g/mol. The zero-order valence-electron chi connectivity index (χ0n) is 11.7. The van der Waals surface area contributed by atoms with E-state index in [1.807, 2.05) is 19.9 Å². The van der Waals surface area contributed by atoms with Gasteiger partial charge in [0.1, 0.15) is 17.7 Å². The van der Waals surface area contributed by atoms with Crippen LogP contribution in [-0.2, 0) is 11.2 Å². The number of nitrogens with zero attached hydrogens (tertiary/aromatic N) is 2. The largest absolute Gasteiger partial charge is 0.472 e. The predicted molar refractivity (Wildman–Crippen MR) is 72.2 cm³/mol. The summed E-state index contributed by atoms with van der Waals surface area (Å²) in [6.45, 7) is 7.54. The van der Waals surface area contributed by atoms with E-state index in [2.05, 4.69) is 22.2 Å². The highest BCUT2D eigenvalue weighted by molar-refractivity contribution is 5.38. The molecule has 0 aliphatic carbocycles. The molecule has 0 aliphatic rings. The summed E-state index contributed by atoms with van der Waals surface area (Å²) in [6.07, 6.45) is 1.83. The van der Waals surface area contributed by atoms with Crippen molar-refractivity contribution in [3.05, 3.63) is 11.9 Å². The van der Waals surface area contributed by atoms with E-state index >= 15 is 0 Å². The quantitative estimate of drug-likeness (QED) is 0.770. The third-order valence-electron chi connectivity index (χ3n) is 2.34. The first-order chi connectivity index (χ1) is 8.69. The molecule has 0 fully saturated rings. The molecule has 1 N–H and O–H groups in total. The molecule has 0 bridgehead atoms. The number of aromatic nitrogens is 2. The van der Waals surface area contributed by atoms with Gasteiger partial charge in [0.2, 0.25) is 5.88 Å². The Hall–Kier alpha value is -1.36. The van der Waals surface area contributed by atoms with Gasteiger partial charge in [0.05, 0.1) is 6.61 Å². The van der Waals surface area contributed by atoms with E-state index in [9.17, 15) is 0 Å². The Balaban J connectivity index is 2.76. The molecular formula is C13H23N3O2. The molecule has 1 aromatic heterocycles. The van der Waals surface area contributed by atoms with Crippen molar-refractivity contribution in [1.82, 2.24) is 9.97 Å². The molecule has 18 heavy (non-hydrogen) atoms. The van der Waals surface area contributed by atoms with Crippen LogP contribution in [0.3, 0.4) is 0 Å². The Morgan fingerprint density at radius 3 is 2.72 bits per heavy atom. The van der Waals surface area contributed by atoms with E-state index in [-0.39, 0.29) is 6.10 Å². The Kier molecular flexibility index (Phi) is 6.43. The molecule has 1 rings (SSSR count). The van der Waals surface area contributed by atoms with Gasteiger partial charge in [-0.3, -0.25) is 0 Å². The fraction of sp³-hybridized carbons (Fsp3) is 0.692. The Labute approximate surface area is 109 Å². The molecule has 1 aromatic rings. The predicted octanol–water partition coefficient (Wildman–Crippen LogP) is 2.27. The lowest BCUT2D eigenvalue weighted by atomic mass is 10.4. The smallest absolute Gasteiger partial charge is 0.219 e. The van der Waals surface area contributed by atoms with E-state index in [1.54, 1.807) is 7.11 Å². The minimum atomic E-state index is -0.0198. The van der Waals surface area contributed by atoms with Crippen molar-refractivity contribution in [2.24, 2.45) is 0 Å². The summed E-state index contributed by atoms with van der Waals surface area (Å²) in [5.74, 6) is 2.21. The molecular weight excluding hydrogens is 230 g/mol. The van der Waals surface area contributed by atoms with Crippen LogP contribution >= 0.6 is 0 Å². The summed E-state index contributed by atoms with van der Waals surface area (Å²) in [6, 6.07) is 1.83. The van der Waals surface area contributed by atoms with Crippen molar-refractivity contribution in [1.29, 1.82) is 0 Å². The van der Waals surface area contributed by atoms with Gasteiger partial charge in [-0.25, -0.2) is 4.98 Å². The van der Waals surface area contributed by atoms with Crippen LogP contribution in [0.5, 0.6) is 5.88 Å². The zero-order valence-corrected chi connectivity index (χ0v) is 11.7. The van der Waals surface area contributed by atoms with Gasteiger partial charge in [0, 0.05) is 26.1 Å². The first kappa shape index (κ1) is 14.7. The van der Waals surface area contributed by atoms with E-state index in [1.165, 1.54) is 0 Å². The number of anilines is 1. The molecule has 1 heterocycles. The lowest BCUT2D eigenvalue weighted by Gasteiger charge is -2.14. The molecule has 0 saturated carbocycles. The van der Waals surface area contributed by atoms with Gasteiger partial charge in [-0.1, -0.05) is 13.8 Å². The number of hydrogen-bond acceptors (Lipinski definition) is 5. The molecule has 0 amide bonds. The fourth-order valence-corrected chi connectivity index (χ4v) is 1.51. The summed E-state index contributed by atoms with van der Waals surface area (Å²) < 4.78 is 10.7. The average molecular weight is 253 g/mol. The van der Waals surface area contributed by atoms with Crippen molar-refractivity contribution in [2.75, 3.05) is 25.6 Å². The maximum Gasteiger partial charge on any atom is 0.219 e. The van der Waals surface area contributed by atoms with Gasteiger partial charge in [0.15, 0.2) is 0 Å². The van der Waals surface area contributed by atoms with Gasteiger partial charge in [-0.15, -0.1) is 0 Å². The topological polar surface area (TPSA) is 56.3 Å². The van der Waals surface area contributed by atoms with E-state index < -0.39 is 0 Å². The van der Waals surface area contributed by atoms with E-state index in [0.717, 1.165) is 31.0 Å². The Bertz CT molecular complexity index is 358. The van der Waals surface area contributed by atoms with Crippen LogP contribution in [0.15, 0.2) is 6.07 Å². The van der Waals surface area contributed by atoms with Gasteiger partial charge in [0.25, 0.3) is 0 Å². The third-order valence-corrected chi connectivity index (χ3v) is 2.34. The normalized spacial score (nSPS) is 12.2. The van der Waals surface area contributed by atoms with E-state index in [0.29, 0.717) is 12.5 Å². The summed E-state index contributed by atoms with van der Waals surface area (Å²) in [4.78, 5) is 8.76. The van der Waals surface area contributed by atoms with E-state index in [4.69, 9.17) is 9.47 Å². The van der Waals surface area contributed by atoms with Crippen molar-refractivity contribution < 1.29 is 9.47 Å². The number of hydrogen-bond donors (Lipinski definition) is 1. The van der Waals surface area contributed by atoms with Crippen LogP contribution in [-0.4, -0.2) is 36.3 Å². The third kappa shape index (κ3) is 4.87. The number of aryl methyl sites for hydroxylation is 1. The zero-order chi connectivity index (χ0) is 13.4. The molecule has 5 nitrogen and oxygen atoms in total.